The molecule has 0 amide bonds. The van der Waals surface area contributed by atoms with Crippen LogP contribution in [0.4, 0.5) is 0 Å². The first-order chi connectivity index (χ1) is 7.20. The molecule has 1 unspecified atom stereocenters. The lowest BCUT2D eigenvalue weighted by molar-refractivity contribution is 0.237. The molecule has 0 heterocycles. The minimum atomic E-state index is -3.49. The predicted octanol–water partition coefficient (Wildman–Crippen LogP) is 0.568. The Morgan fingerprint density at radius 2 is 1.75 bits per heavy atom. The van der Waals surface area contributed by atoms with Gasteiger partial charge in [0.15, 0.2) is 0 Å². The van der Waals surface area contributed by atoms with E-state index in [1.165, 1.54) is 11.4 Å². The van der Waals surface area contributed by atoms with E-state index in [0.29, 0.717) is 12.3 Å². The zero-order valence-electron chi connectivity index (χ0n) is 10.8. The number of nitrogens with zero attached hydrogens (tertiary/aromatic N) is 1. The molecule has 0 bridgehead atoms. The van der Waals surface area contributed by atoms with Crippen molar-refractivity contribution < 1.29 is 13.5 Å². The second-order valence-electron chi connectivity index (χ2n) is 4.74. The summed E-state index contributed by atoms with van der Waals surface area (Å²) in [6, 6.07) is -0.512. The lowest BCUT2D eigenvalue weighted by Gasteiger charge is -2.25. The minimum absolute atomic E-state index is 0.101. The maximum absolute atomic E-state index is 11.8. The Morgan fingerprint density at radius 1 is 1.25 bits per heavy atom. The third kappa shape index (κ3) is 5.25. The first kappa shape index (κ1) is 15.8. The Labute approximate surface area is 99.0 Å². The quantitative estimate of drug-likeness (QED) is 0.696. The Bertz CT molecular complexity index is 288. The predicted molar refractivity (Wildman–Crippen MR) is 65.3 cm³/mol. The Hall–Kier alpha value is -0.170. The summed E-state index contributed by atoms with van der Waals surface area (Å²) in [6.07, 6.45) is 0.627. The first-order valence-electron chi connectivity index (χ1n) is 5.56. The summed E-state index contributed by atoms with van der Waals surface area (Å²) in [6.45, 7) is 7.40. The molecule has 0 aromatic rings. The maximum Gasteiger partial charge on any atom is 0.279 e. The van der Waals surface area contributed by atoms with Gasteiger partial charge in [0.25, 0.3) is 10.2 Å². The van der Waals surface area contributed by atoms with E-state index in [4.69, 9.17) is 5.11 Å². The summed E-state index contributed by atoms with van der Waals surface area (Å²) in [7, 11) is -1.97. The van der Waals surface area contributed by atoms with Gasteiger partial charge in [0.2, 0.25) is 0 Å². The van der Waals surface area contributed by atoms with E-state index in [1.807, 2.05) is 13.8 Å². The number of hydrogen-bond acceptors (Lipinski definition) is 3. The molecule has 0 radical (unpaired) electrons. The zero-order chi connectivity index (χ0) is 12.9. The molecule has 0 saturated heterocycles. The second-order valence-corrected chi connectivity index (χ2v) is 6.50. The third-order valence-electron chi connectivity index (χ3n) is 2.40. The number of aliphatic hydroxyl groups is 1. The molecule has 0 spiro atoms. The van der Waals surface area contributed by atoms with Crippen LogP contribution >= 0.6 is 0 Å². The van der Waals surface area contributed by atoms with Gasteiger partial charge in [-0.15, -0.1) is 0 Å². The molecule has 5 nitrogen and oxygen atoms in total. The van der Waals surface area contributed by atoms with Gasteiger partial charge in [-0.25, -0.2) is 0 Å². The molecule has 0 rings (SSSR count). The number of rotatable bonds is 7. The number of aliphatic hydroxyl groups excluding tert-OH is 1. The standard InChI is InChI=1S/C10H24N2O3S/c1-8(2)6-10(7-13)11-16(14,15)12(5)9(3)4/h8-11,13H,6-7H2,1-5H3. The van der Waals surface area contributed by atoms with Crippen LogP contribution in [0, 0.1) is 5.92 Å². The van der Waals surface area contributed by atoms with Crippen LogP contribution < -0.4 is 4.72 Å². The van der Waals surface area contributed by atoms with Crippen LogP contribution in [-0.2, 0) is 10.2 Å². The van der Waals surface area contributed by atoms with Crippen molar-refractivity contribution >= 4 is 10.2 Å². The van der Waals surface area contributed by atoms with Crippen LogP contribution in [-0.4, -0.2) is 43.6 Å². The van der Waals surface area contributed by atoms with Crippen LogP contribution in [0.1, 0.15) is 34.1 Å². The van der Waals surface area contributed by atoms with E-state index in [1.54, 1.807) is 13.8 Å². The fourth-order valence-electron chi connectivity index (χ4n) is 1.30. The molecule has 0 aliphatic carbocycles. The molecule has 0 aliphatic rings. The second kappa shape index (κ2) is 6.54. The number of nitrogens with one attached hydrogen (secondary N) is 1. The summed E-state index contributed by atoms with van der Waals surface area (Å²) >= 11 is 0. The van der Waals surface area contributed by atoms with Gasteiger partial charge in [0, 0.05) is 19.1 Å². The van der Waals surface area contributed by atoms with Crippen molar-refractivity contribution in [3.05, 3.63) is 0 Å². The lowest BCUT2D eigenvalue weighted by atomic mass is 10.1. The van der Waals surface area contributed by atoms with Gasteiger partial charge in [0.1, 0.15) is 0 Å². The van der Waals surface area contributed by atoms with Gasteiger partial charge in [0.05, 0.1) is 6.61 Å². The summed E-state index contributed by atoms with van der Waals surface area (Å²) in [5, 5.41) is 9.11. The average molecular weight is 252 g/mol. The van der Waals surface area contributed by atoms with Gasteiger partial charge in [-0.2, -0.15) is 17.4 Å². The Morgan fingerprint density at radius 3 is 2.06 bits per heavy atom. The highest BCUT2D eigenvalue weighted by Gasteiger charge is 2.24. The Balaban J connectivity index is 4.55. The van der Waals surface area contributed by atoms with E-state index in [2.05, 4.69) is 4.72 Å². The summed E-state index contributed by atoms with van der Waals surface area (Å²) < 4.78 is 27.4. The van der Waals surface area contributed by atoms with Gasteiger partial charge in [-0.1, -0.05) is 13.8 Å². The molecule has 1 atom stereocenters. The van der Waals surface area contributed by atoms with E-state index < -0.39 is 16.3 Å². The van der Waals surface area contributed by atoms with Gasteiger partial charge in [-0.05, 0) is 26.2 Å². The highest BCUT2D eigenvalue weighted by molar-refractivity contribution is 7.87. The maximum atomic E-state index is 11.8. The van der Waals surface area contributed by atoms with Crippen LogP contribution in [0.2, 0.25) is 0 Å². The van der Waals surface area contributed by atoms with E-state index in [-0.39, 0.29) is 12.6 Å². The summed E-state index contributed by atoms with van der Waals surface area (Å²) in [5.41, 5.74) is 0. The molecular weight excluding hydrogens is 228 g/mol. The zero-order valence-corrected chi connectivity index (χ0v) is 11.6. The number of hydrogen-bond donors (Lipinski definition) is 2. The molecule has 16 heavy (non-hydrogen) atoms. The van der Waals surface area contributed by atoms with E-state index >= 15 is 0 Å². The fraction of sp³-hybridized carbons (Fsp3) is 1.00. The highest BCUT2D eigenvalue weighted by Crippen LogP contribution is 2.08. The van der Waals surface area contributed by atoms with Gasteiger partial charge in [-0.3, -0.25) is 0 Å². The smallest absolute Gasteiger partial charge is 0.279 e. The molecule has 0 aromatic heterocycles. The Kier molecular flexibility index (Phi) is 6.47. The van der Waals surface area contributed by atoms with E-state index in [9.17, 15) is 8.42 Å². The van der Waals surface area contributed by atoms with Crippen LogP contribution in [0.5, 0.6) is 0 Å². The lowest BCUT2D eigenvalue weighted by Crippen LogP contribution is -2.47. The average Bonchev–Trinajstić information content (AvgIpc) is 2.14. The van der Waals surface area contributed by atoms with Crippen molar-refractivity contribution in [2.75, 3.05) is 13.7 Å². The minimum Gasteiger partial charge on any atom is -0.395 e. The first-order valence-corrected chi connectivity index (χ1v) is 7.00. The highest BCUT2D eigenvalue weighted by atomic mass is 32.2. The van der Waals surface area contributed by atoms with Crippen molar-refractivity contribution in [2.24, 2.45) is 5.92 Å². The fourth-order valence-corrected chi connectivity index (χ4v) is 2.61. The normalized spacial score (nSPS) is 15.1. The van der Waals surface area contributed by atoms with Crippen molar-refractivity contribution in [3.8, 4) is 0 Å². The molecule has 0 fully saturated rings. The van der Waals surface area contributed by atoms with Crippen molar-refractivity contribution in [3.63, 3.8) is 0 Å². The molecule has 98 valence electrons. The van der Waals surface area contributed by atoms with Crippen LogP contribution in [0.15, 0.2) is 0 Å². The van der Waals surface area contributed by atoms with Crippen molar-refractivity contribution in [2.45, 2.75) is 46.2 Å². The van der Waals surface area contributed by atoms with Crippen LogP contribution in [0.25, 0.3) is 0 Å². The molecule has 2 N–H and O–H groups in total. The van der Waals surface area contributed by atoms with Gasteiger partial charge < -0.3 is 5.11 Å². The summed E-state index contributed by atoms with van der Waals surface area (Å²) in [5.74, 6) is 0.337. The largest absolute Gasteiger partial charge is 0.395 e. The molecular formula is C10H24N2O3S. The topological polar surface area (TPSA) is 69.6 Å². The molecule has 0 aliphatic heterocycles. The molecule has 6 heteroatoms. The van der Waals surface area contributed by atoms with E-state index in [0.717, 1.165) is 0 Å². The molecule has 0 saturated carbocycles. The monoisotopic (exact) mass is 252 g/mol. The third-order valence-corrected chi connectivity index (χ3v) is 4.21. The summed E-state index contributed by atoms with van der Waals surface area (Å²) in [4.78, 5) is 0. The van der Waals surface area contributed by atoms with Crippen molar-refractivity contribution in [1.29, 1.82) is 0 Å². The van der Waals surface area contributed by atoms with Gasteiger partial charge >= 0.3 is 0 Å². The molecule has 0 aromatic carbocycles. The van der Waals surface area contributed by atoms with Crippen molar-refractivity contribution in [1.82, 2.24) is 9.03 Å². The SMILES string of the molecule is CC(C)CC(CO)NS(=O)(=O)N(C)C(C)C. The van der Waals surface area contributed by atoms with Crippen LogP contribution in [0.3, 0.4) is 0 Å².